The molecule has 1 N–H and O–H groups in total. The quantitative estimate of drug-likeness (QED) is 0.516. The molecule has 0 spiro atoms. The molecule has 0 aliphatic carbocycles. The number of nitrogens with zero attached hydrogens (tertiary/aromatic N) is 1. The van der Waals surface area contributed by atoms with Crippen molar-refractivity contribution in [3.05, 3.63) is 35.9 Å². The summed E-state index contributed by atoms with van der Waals surface area (Å²) in [7, 11) is 0. The lowest BCUT2D eigenvalue weighted by Crippen LogP contribution is -2.22. The third-order valence-corrected chi connectivity index (χ3v) is 5.16. The topological polar surface area (TPSA) is 32.3 Å². The van der Waals surface area contributed by atoms with Gasteiger partial charge in [-0.05, 0) is 50.9 Å². The van der Waals surface area contributed by atoms with Crippen LogP contribution in [0.3, 0.4) is 0 Å². The Morgan fingerprint density at radius 1 is 0.840 bits per heavy atom. The second kappa shape index (κ2) is 12.9. The van der Waals surface area contributed by atoms with E-state index in [-0.39, 0.29) is 5.91 Å². The number of rotatable bonds is 13. The SMILES string of the molecule is O=C(CCCCCCCCCCN1CCCC1)NCc1ccccc1. The van der Waals surface area contributed by atoms with Gasteiger partial charge >= 0.3 is 0 Å². The van der Waals surface area contributed by atoms with Crippen molar-refractivity contribution in [1.29, 1.82) is 0 Å². The molecular formula is C22H36N2O. The van der Waals surface area contributed by atoms with Crippen LogP contribution in [0.4, 0.5) is 0 Å². The van der Waals surface area contributed by atoms with Crippen LogP contribution >= 0.6 is 0 Å². The molecular weight excluding hydrogens is 308 g/mol. The summed E-state index contributed by atoms with van der Waals surface area (Å²) < 4.78 is 0. The van der Waals surface area contributed by atoms with E-state index in [9.17, 15) is 4.79 Å². The van der Waals surface area contributed by atoms with E-state index in [4.69, 9.17) is 0 Å². The Morgan fingerprint density at radius 3 is 2.12 bits per heavy atom. The van der Waals surface area contributed by atoms with Gasteiger partial charge < -0.3 is 10.2 Å². The van der Waals surface area contributed by atoms with Crippen molar-refractivity contribution in [3.63, 3.8) is 0 Å². The van der Waals surface area contributed by atoms with Gasteiger partial charge in [0.2, 0.25) is 5.91 Å². The monoisotopic (exact) mass is 344 g/mol. The summed E-state index contributed by atoms with van der Waals surface area (Å²) in [6.45, 7) is 4.63. The Balaban J connectivity index is 1.32. The number of likely N-dealkylation sites (tertiary alicyclic amines) is 1. The molecule has 0 atom stereocenters. The Bertz CT molecular complexity index is 454. The van der Waals surface area contributed by atoms with E-state index in [0.29, 0.717) is 13.0 Å². The van der Waals surface area contributed by atoms with E-state index in [1.54, 1.807) is 0 Å². The third-order valence-electron chi connectivity index (χ3n) is 5.16. The molecule has 1 aliphatic rings. The van der Waals surface area contributed by atoms with E-state index in [0.717, 1.165) is 6.42 Å². The molecule has 0 unspecified atom stereocenters. The summed E-state index contributed by atoms with van der Waals surface area (Å²) >= 11 is 0. The Morgan fingerprint density at radius 2 is 1.44 bits per heavy atom. The fourth-order valence-corrected chi connectivity index (χ4v) is 3.57. The van der Waals surface area contributed by atoms with Crippen LogP contribution in [0, 0.1) is 0 Å². The highest BCUT2D eigenvalue weighted by molar-refractivity contribution is 5.75. The van der Waals surface area contributed by atoms with Crippen molar-refractivity contribution in [2.24, 2.45) is 0 Å². The number of amides is 1. The standard InChI is InChI=1S/C22H36N2O/c25-22(23-20-21-14-8-7-9-15-21)16-10-5-3-1-2-4-6-11-17-24-18-12-13-19-24/h7-9,14-15H,1-6,10-13,16-20H2,(H,23,25). The Hall–Kier alpha value is -1.35. The smallest absolute Gasteiger partial charge is 0.220 e. The molecule has 1 amide bonds. The lowest BCUT2D eigenvalue weighted by atomic mass is 10.1. The van der Waals surface area contributed by atoms with Crippen LogP contribution in [0.1, 0.15) is 76.2 Å². The van der Waals surface area contributed by atoms with Gasteiger partial charge in [0.1, 0.15) is 0 Å². The van der Waals surface area contributed by atoms with Crippen molar-refractivity contribution < 1.29 is 4.79 Å². The first kappa shape index (κ1) is 20.0. The van der Waals surface area contributed by atoms with Crippen LogP contribution < -0.4 is 5.32 Å². The molecule has 1 saturated heterocycles. The third kappa shape index (κ3) is 9.64. The molecule has 1 aromatic carbocycles. The van der Waals surface area contributed by atoms with Crippen LogP contribution in [0.25, 0.3) is 0 Å². The second-order valence-corrected chi connectivity index (χ2v) is 7.39. The summed E-state index contributed by atoms with van der Waals surface area (Å²) in [6, 6.07) is 10.1. The van der Waals surface area contributed by atoms with Crippen molar-refractivity contribution in [1.82, 2.24) is 10.2 Å². The molecule has 1 heterocycles. The molecule has 0 bridgehead atoms. The van der Waals surface area contributed by atoms with Crippen LogP contribution in [0.5, 0.6) is 0 Å². The van der Waals surface area contributed by atoms with Gasteiger partial charge in [0.05, 0.1) is 0 Å². The summed E-state index contributed by atoms with van der Waals surface area (Å²) in [4.78, 5) is 14.4. The van der Waals surface area contributed by atoms with Gasteiger partial charge in [-0.25, -0.2) is 0 Å². The van der Waals surface area contributed by atoms with E-state index >= 15 is 0 Å². The van der Waals surface area contributed by atoms with Crippen LogP contribution in [-0.4, -0.2) is 30.4 Å². The minimum absolute atomic E-state index is 0.186. The lowest BCUT2D eigenvalue weighted by Gasteiger charge is -2.13. The molecule has 0 radical (unpaired) electrons. The number of hydrogen-bond donors (Lipinski definition) is 1. The largest absolute Gasteiger partial charge is 0.352 e. The summed E-state index contributed by atoms with van der Waals surface area (Å²) in [5.74, 6) is 0.186. The van der Waals surface area contributed by atoms with Crippen molar-refractivity contribution in [2.75, 3.05) is 19.6 Å². The van der Waals surface area contributed by atoms with Gasteiger partial charge in [-0.1, -0.05) is 68.9 Å². The highest BCUT2D eigenvalue weighted by Crippen LogP contribution is 2.12. The highest BCUT2D eigenvalue weighted by Gasteiger charge is 2.09. The Labute approximate surface area is 154 Å². The van der Waals surface area contributed by atoms with Gasteiger partial charge in [0, 0.05) is 13.0 Å². The first-order chi connectivity index (χ1) is 12.3. The second-order valence-electron chi connectivity index (χ2n) is 7.39. The predicted molar refractivity (Wildman–Crippen MR) is 106 cm³/mol. The van der Waals surface area contributed by atoms with Gasteiger partial charge in [-0.3, -0.25) is 4.79 Å². The van der Waals surface area contributed by atoms with E-state index in [1.165, 1.54) is 83.0 Å². The number of hydrogen-bond acceptors (Lipinski definition) is 2. The maximum absolute atomic E-state index is 11.8. The molecule has 2 rings (SSSR count). The van der Waals surface area contributed by atoms with Crippen molar-refractivity contribution in [2.45, 2.75) is 77.2 Å². The Kier molecular flexibility index (Phi) is 10.3. The predicted octanol–water partition coefficient (Wildman–Crippen LogP) is 4.91. The van der Waals surface area contributed by atoms with Gasteiger partial charge in [0.15, 0.2) is 0 Å². The first-order valence-electron chi connectivity index (χ1n) is 10.4. The maximum Gasteiger partial charge on any atom is 0.220 e. The molecule has 25 heavy (non-hydrogen) atoms. The van der Waals surface area contributed by atoms with E-state index in [1.807, 2.05) is 30.3 Å². The maximum atomic E-state index is 11.8. The fraction of sp³-hybridized carbons (Fsp3) is 0.682. The molecule has 3 heteroatoms. The number of carbonyl (C=O) groups excluding carboxylic acids is 1. The van der Waals surface area contributed by atoms with Gasteiger partial charge in [0.25, 0.3) is 0 Å². The van der Waals surface area contributed by atoms with E-state index in [2.05, 4.69) is 10.2 Å². The molecule has 140 valence electrons. The van der Waals surface area contributed by atoms with Crippen LogP contribution in [-0.2, 0) is 11.3 Å². The number of unbranched alkanes of at least 4 members (excludes halogenated alkanes) is 7. The highest BCUT2D eigenvalue weighted by atomic mass is 16.1. The number of nitrogens with one attached hydrogen (secondary N) is 1. The normalized spacial score (nSPS) is 14.7. The summed E-state index contributed by atoms with van der Waals surface area (Å²) in [5, 5.41) is 3.00. The number of benzene rings is 1. The zero-order valence-corrected chi connectivity index (χ0v) is 15.8. The molecule has 0 aromatic heterocycles. The molecule has 0 saturated carbocycles. The molecule has 1 fully saturated rings. The van der Waals surface area contributed by atoms with Gasteiger partial charge in [-0.15, -0.1) is 0 Å². The average molecular weight is 345 g/mol. The van der Waals surface area contributed by atoms with Crippen molar-refractivity contribution in [3.8, 4) is 0 Å². The first-order valence-corrected chi connectivity index (χ1v) is 10.4. The van der Waals surface area contributed by atoms with Gasteiger partial charge in [-0.2, -0.15) is 0 Å². The van der Waals surface area contributed by atoms with Crippen LogP contribution in [0.2, 0.25) is 0 Å². The summed E-state index contributed by atoms with van der Waals surface area (Å²) in [5.41, 5.74) is 1.17. The zero-order valence-electron chi connectivity index (χ0n) is 15.8. The van der Waals surface area contributed by atoms with Crippen molar-refractivity contribution >= 4 is 5.91 Å². The zero-order chi connectivity index (χ0) is 17.6. The minimum atomic E-state index is 0.186. The minimum Gasteiger partial charge on any atom is -0.352 e. The lowest BCUT2D eigenvalue weighted by molar-refractivity contribution is -0.121. The van der Waals surface area contributed by atoms with E-state index < -0.39 is 0 Å². The van der Waals surface area contributed by atoms with Crippen LogP contribution in [0.15, 0.2) is 30.3 Å². The fourth-order valence-electron chi connectivity index (χ4n) is 3.57. The molecule has 3 nitrogen and oxygen atoms in total. The molecule has 1 aromatic rings. The summed E-state index contributed by atoms with van der Waals surface area (Å²) in [6.07, 6.45) is 13.8. The average Bonchev–Trinajstić information content (AvgIpc) is 3.16. The molecule has 1 aliphatic heterocycles. The number of carbonyl (C=O) groups is 1.